The number of rotatable bonds is 12. The Balaban J connectivity index is 5.68. The quantitative estimate of drug-likeness (QED) is 0.279. The molecule has 0 aliphatic heterocycles. The molecule has 0 bridgehead atoms. The summed E-state index contributed by atoms with van der Waals surface area (Å²) in [5.74, 6) is -1.29. The summed E-state index contributed by atoms with van der Waals surface area (Å²) < 4.78 is 15.5. The van der Waals surface area contributed by atoms with Gasteiger partial charge in [0, 0.05) is 0 Å². The molecule has 28 heavy (non-hydrogen) atoms. The van der Waals surface area contributed by atoms with E-state index in [1.54, 1.807) is 39.8 Å². The highest BCUT2D eigenvalue weighted by atomic mass is 16.5. The molecule has 2 atom stereocenters. The van der Waals surface area contributed by atoms with E-state index in [1.165, 1.54) is 13.2 Å². The monoisotopic (exact) mass is 396 g/mol. The lowest BCUT2D eigenvalue weighted by Crippen LogP contribution is -2.44. The van der Waals surface area contributed by atoms with E-state index >= 15 is 0 Å². The van der Waals surface area contributed by atoms with Gasteiger partial charge in [0.2, 0.25) is 0 Å². The molecule has 0 aliphatic carbocycles. The van der Waals surface area contributed by atoms with Crippen LogP contribution in [0.5, 0.6) is 0 Å². The van der Waals surface area contributed by atoms with Crippen LogP contribution in [0.2, 0.25) is 0 Å². The molecule has 0 N–H and O–H groups in total. The van der Waals surface area contributed by atoms with Gasteiger partial charge in [-0.15, -0.1) is 0 Å². The first-order valence-corrected chi connectivity index (χ1v) is 9.57. The first-order valence-electron chi connectivity index (χ1n) is 9.57. The highest BCUT2D eigenvalue weighted by Crippen LogP contribution is 2.45. The van der Waals surface area contributed by atoms with E-state index in [2.05, 4.69) is 6.58 Å². The van der Waals surface area contributed by atoms with Crippen LogP contribution in [0.3, 0.4) is 0 Å². The number of hydrogen-bond acceptors (Lipinski definition) is 6. The molecule has 6 nitrogen and oxygen atoms in total. The van der Waals surface area contributed by atoms with Crippen molar-refractivity contribution in [3.63, 3.8) is 0 Å². The molecule has 0 saturated heterocycles. The average Bonchev–Trinajstić information content (AvgIpc) is 2.64. The van der Waals surface area contributed by atoms with Crippen molar-refractivity contribution in [1.82, 2.24) is 0 Å². The number of hydrogen-bond donors (Lipinski definition) is 0. The van der Waals surface area contributed by atoms with Crippen molar-refractivity contribution in [1.29, 1.82) is 0 Å². The van der Waals surface area contributed by atoms with E-state index in [9.17, 15) is 14.4 Å². The molecule has 0 aliphatic rings. The molecular weight excluding hydrogens is 360 g/mol. The van der Waals surface area contributed by atoms with E-state index in [0.717, 1.165) is 0 Å². The molecule has 0 heterocycles. The Morgan fingerprint density at radius 1 is 0.893 bits per heavy atom. The second kappa shape index (κ2) is 11.0. The summed E-state index contributed by atoms with van der Waals surface area (Å²) in [5.41, 5.74) is -2.92. The Hall–Kier alpha value is -2.11. The van der Waals surface area contributed by atoms with Crippen molar-refractivity contribution in [3.8, 4) is 0 Å². The minimum atomic E-state index is -1.07. The van der Waals surface area contributed by atoms with Crippen LogP contribution in [0.25, 0.3) is 0 Å². The maximum absolute atomic E-state index is 12.7. The number of allylic oxidation sites excluding steroid dienone is 1. The van der Waals surface area contributed by atoms with Crippen LogP contribution in [-0.4, -0.2) is 38.2 Å². The molecule has 0 amide bonds. The van der Waals surface area contributed by atoms with Crippen LogP contribution in [-0.2, 0) is 28.6 Å². The molecule has 6 heteroatoms. The van der Waals surface area contributed by atoms with Crippen molar-refractivity contribution >= 4 is 17.9 Å². The Kier molecular flexibility index (Phi) is 10.2. The molecule has 0 aromatic rings. The van der Waals surface area contributed by atoms with Gasteiger partial charge in [0.1, 0.15) is 13.2 Å². The highest BCUT2D eigenvalue weighted by Gasteiger charge is 2.49. The van der Waals surface area contributed by atoms with Gasteiger partial charge in [-0.25, -0.2) is 0 Å². The lowest BCUT2D eigenvalue weighted by Gasteiger charge is -2.39. The highest BCUT2D eigenvalue weighted by molar-refractivity contribution is 5.82. The second-order valence-corrected chi connectivity index (χ2v) is 8.26. The topological polar surface area (TPSA) is 78.9 Å². The van der Waals surface area contributed by atoms with E-state index in [1.807, 2.05) is 13.8 Å². The van der Waals surface area contributed by atoms with Crippen LogP contribution < -0.4 is 0 Å². The predicted octanol–water partition coefficient (Wildman–Crippen LogP) is 4.24. The standard InChI is InChI=1S/C22H36O6/c1-9-12-14-28-19(25)21(6,11-3)16-22(7,18(24)26-8)15-20(4,5)17(23)27-13-10-2/h9-10,12H,2,11,13-16H2,1,3-8H3. The largest absolute Gasteiger partial charge is 0.469 e. The SMILES string of the molecule is C=CCOC(=O)C(C)(C)CC(C)(CC(C)(CC)C(=O)OCC=CC)C(=O)OC. The third kappa shape index (κ3) is 7.13. The lowest BCUT2D eigenvalue weighted by atomic mass is 9.65. The average molecular weight is 397 g/mol. The minimum absolute atomic E-state index is 0.0984. The Morgan fingerprint density at radius 3 is 1.93 bits per heavy atom. The lowest BCUT2D eigenvalue weighted by molar-refractivity contribution is -0.166. The van der Waals surface area contributed by atoms with Gasteiger partial charge in [-0.1, -0.05) is 31.7 Å². The van der Waals surface area contributed by atoms with Crippen LogP contribution in [0.4, 0.5) is 0 Å². The third-order valence-corrected chi connectivity index (χ3v) is 4.99. The molecule has 0 fully saturated rings. The summed E-state index contributed by atoms with van der Waals surface area (Å²) in [5, 5.41) is 0. The number of ether oxygens (including phenoxy) is 3. The first kappa shape index (κ1) is 25.9. The van der Waals surface area contributed by atoms with Gasteiger partial charge in [-0.05, 0) is 53.9 Å². The molecule has 160 valence electrons. The van der Waals surface area contributed by atoms with Crippen LogP contribution in [0, 0.1) is 16.2 Å². The second-order valence-electron chi connectivity index (χ2n) is 8.26. The fourth-order valence-corrected chi connectivity index (χ4v) is 3.43. The summed E-state index contributed by atoms with van der Waals surface area (Å²) in [4.78, 5) is 37.8. The van der Waals surface area contributed by atoms with Crippen LogP contribution in [0.1, 0.15) is 60.8 Å². The van der Waals surface area contributed by atoms with E-state index in [0.29, 0.717) is 6.42 Å². The fourth-order valence-electron chi connectivity index (χ4n) is 3.43. The normalized spacial score (nSPS) is 16.0. The Labute approximate surface area is 169 Å². The Morgan fingerprint density at radius 2 is 1.46 bits per heavy atom. The van der Waals surface area contributed by atoms with Gasteiger partial charge >= 0.3 is 17.9 Å². The van der Waals surface area contributed by atoms with Gasteiger partial charge in [0.15, 0.2) is 0 Å². The van der Waals surface area contributed by atoms with Crippen LogP contribution in [0.15, 0.2) is 24.8 Å². The van der Waals surface area contributed by atoms with Gasteiger partial charge in [0.05, 0.1) is 23.4 Å². The predicted molar refractivity (Wildman–Crippen MR) is 108 cm³/mol. The number of methoxy groups -OCH3 is 1. The summed E-state index contributed by atoms with van der Waals surface area (Å²) in [6, 6.07) is 0. The molecule has 0 spiro atoms. The molecule has 0 radical (unpaired) electrons. The summed E-state index contributed by atoms with van der Waals surface area (Å²) in [6.07, 6.45) is 5.87. The van der Waals surface area contributed by atoms with Gasteiger partial charge in [-0.3, -0.25) is 14.4 Å². The van der Waals surface area contributed by atoms with Crippen molar-refractivity contribution in [2.75, 3.05) is 20.3 Å². The maximum atomic E-state index is 12.7. The van der Waals surface area contributed by atoms with Crippen LogP contribution >= 0.6 is 0 Å². The Bertz CT molecular complexity index is 592. The van der Waals surface area contributed by atoms with Crippen molar-refractivity contribution in [3.05, 3.63) is 24.8 Å². The summed E-state index contributed by atoms with van der Waals surface area (Å²) >= 11 is 0. The van der Waals surface area contributed by atoms with E-state index in [-0.39, 0.29) is 32.0 Å². The molecule has 0 saturated carbocycles. The third-order valence-electron chi connectivity index (χ3n) is 4.99. The van der Waals surface area contributed by atoms with Gasteiger partial charge < -0.3 is 14.2 Å². The molecule has 2 unspecified atom stereocenters. The molecule has 0 rings (SSSR count). The van der Waals surface area contributed by atoms with E-state index < -0.39 is 28.2 Å². The zero-order valence-electron chi connectivity index (χ0n) is 18.4. The summed E-state index contributed by atoms with van der Waals surface area (Å²) in [7, 11) is 1.30. The van der Waals surface area contributed by atoms with E-state index in [4.69, 9.17) is 14.2 Å². The zero-order chi connectivity index (χ0) is 22.0. The fraction of sp³-hybridized carbons (Fsp3) is 0.682. The van der Waals surface area contributed by atoms with Gasteiger partial charge in [-0.2, -0.15) is 0 Å². The van der Waals surface area contributed by atoms with Crippen molar-refractivity contribution in [2.24, 2.45) is 16.2 Å². The molecule has 0 aromatic heterocycles. The summed E-state index contributed by atoms with van der Waals surface area (Å²) in [6.45, 7) is 14.4. The number of esters is 3. The first-order chi connectivity index (χ1) is 12.9. The number of carbonyl (C=O) groups is 3. The smallest absolute Gasteiger partial charge is 0.312 e. The maximum Gasteiger partial charge on any atom is 0.312 e. The zero-order valence-corrected chi connectivity index (χ0v) is 18.4. The van der Waals surface area contributed by atoms with Crippen molar-refractivity contribution < 1.29 is 28.6 Å². The number of carbonyl (C=O) groups excluding carboxylic acids is 3. The van der Waals surface area contributed by atoms with Gasteiger partial charge in [0.25, 0.3) is 0 Å². The molecular formula is C22H36O6. The molecule has 0 aromatic carbocycles. The minimum Gasteiger partial charge on any atom is -0.469 e. The van der Waals surface area contributed by atoms with Crippen molar-refractivity contribution in [2.45, 2.75) is 60.8 Å².